The molecule has 2 rings (SSSR count). The average molecular weight is 407 g/mol. The van der Waals surface area contributed by atoms with Gasteiger partial charge in [0.05, 0.1) is 33.2 Å². The molecule has 0 N–H and O–H groups in total. The third-order valence-electron chi connectivity index (χ3n) is 2.91. The number of carbonyl (C=O) groups excluding carboxylic acids is 1. The smallest absolute Gasteiger partial charge is 0.349 e. The summed E-state index contributed by atoms with van der Waals surface area (Å²) in [6, 6.07) is 6.52. The van der Waals surface area contributed by atoms with Crippen molar-refractivity contribution in [2.24, 2.45) is 0 Å². The maximum absolute atomic E-state index is 11.9. The molecule has 7 nitrogen and oxygen atoms in total. The highest BCUT2D eigenvalue weighted by molar-refractivity contribution is 6.43. The van der Waals surface area contributed by atoms with Gasteiger partial charge in [0.2, 0.25) is 5.75 Å². The Morgan fingerprint density at radius 3 is 2.40 bits per heavy atom. The Balaban J connectivity index is 2.08. The van der Waals surface area contributed by atoms with Gasteiger partial charge in [-0.2, -0.15) is 0 Å². The number of carbonyl (C=O) groups is 1. The molecule has 0 aliphatic heterocycles. The second-order valence-electron chi connectivity index (χ2n) is 4.55. The lowest BCUT2D eigenvalue weighted by Crippen LogP contribution is -2.18. The van der Waals surface area contributed by atoms with Gasteiger partial charge in [-0.3, -0.25) is 10.1 Å². The Hall–Kier alpha value is -2.22. The van der Waals surface area contributed by atoms with Crippen molar-refractivity contribution in [1.82, 2.24) is 0 Å². The van der Waals surface area contributed by atoms with Gasteiger partial charge in [-0.15, -0.1) is 0 Å². The number of hydrogen-bond donors (Lipinski definition) is 0. The van der Waals surface area contributed by atoms with E-state index in [0.717, 1.165) is 6.07 Å². The van der Waals surface area contributed by atoms with Crippen LogP contribution < -0.4 is 14.2 Å². The van der Waals surface area contributed by atoms with E-state index in [9.17, 15) is 14.9 Å². The molecule has 132 valence electrons. The number of halogens is 3. The highest BCUT2D eigenvalue weighted by Gasteiger charge is 2.20. The topological polar surface area (TPSA) is 87.9 Å². The van der Waals surface area contributed by atoms with Crippen LogP contribution in [0.15, 0.2) is 30.3 Å². The number of nitrogens with zero attached hydrogens (tertiary/aromatic N) is 1. The van der Waals surface area contributed by atoms with Crippen LogP contribution in [0.5, 0.6) is 17.2 Å². The van der Waals surface area contributed by atoms with Crippen LogP contribution in [-0.4, -0.2) is 24.6 Å². The molecule has 0 radical (unpaired) electrons. The third-order valence-corrected chi connectivity index (χ3v) is 3.92. The number of hydrogen-bond acceptors (Lipinski definition) is 6. The summed E-state index contributed by atoms with van der Waals surface area (Å²) >= 11 is 17.6. The zero-order chi connectivity index (χ0) is 18.6. The van der Waals surface area contributed by atoms with E-state index < -0.39 is 23.2 Å². The normalized spacial score (nSPS) is 10.2. The van der Waals surface area contributed by atoms with Crippen molar-refractivity contribution in [2.45, 2.75) is 0 Å². The van der Waals surface area contributed by atoms with E-state index in [1.54, 1.807) is 0 Å². The third kappa shape index (κ3) is 4.88. The van der Waals surface area contributed by atoms with Crippen LogP contribution in [0.25, 0.3) is 0 Å². The quantitative estimate of drug-likeness (QED) is 0.230. The summed E-state index contributed by atoms with van der Waals surface area (Å²) in [5.74, 6) is -0.724. The lowest BCUT2D eigenvalue weighted by atomic mass is 10.3. The van der Waals surface area contributed by atoms with Gasteiger partial charge in [0.25, 0.3) is 0 Å². The minimum Gasteiger partial charge on any atom is -0.496 e. The summed E-state index contributed by atoms with van der Waals surface area (Å²) in [4.78, 5) is 22.2. The first-order valence-corrected chi connectivity index (χ1v) is 7.75. The van der Waals surface area contributed by atoms with Gasteiger partial charge in [0.1, 0.15) is 11.5 Å². The van der Waals surface area contributed by atoms with Gasteiger partial charge in [-0.25, -0.2) is 4.79 Å². The van der Waals surface area contributed by atoms with E-state index in [2.05, 4.69) is 0 Å². The fraction of sp³-hybridized carbons (Fsp3) is 0.133. The molecule has 0 aliphatic carbocycles. The summed E-state index contributed by atoms with van der Waals surface area (Å²) in [5.41, 5.74) is -0.416. The molecule has 0 fully saturated rings. The fourth-order valence-corrected chi connectivity index (χ4v) is 2.35. The van der Waals surface area contributed by atoms with E-state index >= 15 is 0 Å². The number of benzene rings is 2. The van der Waals surface area contributed by atoms with Crippen molar-refractivity contribution >= 4 is 46.5 Å². The first-order chi connectivity index (χ1) is 11.8. The Bertz CT molecular complexity index is 827. The Morgan fingerprint density at radius 2 is 1.76 bits per heavy atom. The molecular formula is C15H10Cl3NO6. The van der Waals surface area contributed by atoms with Crippen LogP contribution in [0, 0.1) is 10.1 Å². The van der Waals surface area contributed by atoms with E-state index in [-0.39, 0.29) is 32.3 Å². The summed E-state index contributed by atoms with van der Waals surface area (Å²) in [6.07, 6.45) is 0. The molecule has 0 bridgehead atoms. The van der Waals surface area contributed by atoms with E-state index in [4.69, 9.17) is 49.0 Å². The van der Waals surface area contributed by atoms with Gasteiger partial charge in [-0.05, 0) is 18.2 Å². The molecule has 0 atom stereocenters. The maximum atomic E-state index is 11.9. The average Bonchev–Trinajstić information content (AvgIpc) is 2.57. The van der Waals surface area contributed by atoms with Gasteiger partial charge in [0.15, 0.2) is 6.61 Å². The SMILES string of the molecule is COc1ccc(OC(=O)COc2cc(Cl)c(Cl)cc2Cl)c([N+](=O)[O-])c1. The molecule has 10 heteroatoms. The molecule has 0 heterocycles. The number of ether oxygens (including phenoxy) is 3. The second kappa shape index (κ2) is 8.24. The van der Waals surface area contributed by atoms with Crippen LogP contribution in [0.3, 0.4) is 0 Å². The minimum atomic E-state index is -0.865. The van der Waals surface area contributed by atoms with Gasteiger partial charge in [-0.1, -0.05) is 34.8 Å². The maximum Gasteiger partial charge on any atom is 0.349 e. The first kappa shape index (κ1) is 19.1. The first-order valence-electron chi connectivity index (χ1n) is 6.62. The number of methoxy groups -OCH3 is 1. The van der Waals surface area contributed by atoms with Crippen molar-refractivity contribution in [2.75, 3.05) is 13.7 Å². The Labute approximate surface area is 157 Å². The molecule has 2 aromatic carbocycles. The zero-order valence-electron chi connectivity index (χ0n) is 12.6. The van der Waals surface area contributed by atoms with Gasteiger partial charge >= 0.3 is 11.7 Å². The lowest BCUT2D eigenvalue weighted by Gasteiger charge is -2.10. The Kier molecular flexibility index (Phi) is 6.30. The van der Waals surface area contributed by atoms with Crippen LogP contribution in [0.1, 0.15) is 0 Å². The summed E-state index contributed by atoms with van der Waals surface area (Å²) in [7, 11) is 1.36. The summed E-state index contributed by atoms with van der Waals surface area (Å²) in [5, 5.41) is 11.6. The van der Waals surface area contributed by atoms with Gasteiger partial charge in [0, 0.05) is 6.07 Å². The molecule has 0 aromatic heterocycles. The molecule has 0 spiro atoms. The van der Waals surface area contributed by atoms with Crippen LogP contribution >= 0.6 is 34.8 Å². The minimum absolute atomic E-state index is 0.122. The van der Waals surface area contributed by atoms with Crippen molar-refractivity contribution in [3.05, 3.63) is 55.5 Å². The van der Waals surface area contributed by atoms with E-state index in [0.29, 0.717) is 0 Å². The number of nitro benzene ring substituents is 1. The number of nitro groups is 1. The Morgan fingerprint density at radius 1 is 1.08 bits per heavy atom. The molecule has 0 amide bonds. The fourth-order valence-electron chi connectivity index (χ4n) is 1.76. The zero-order valence-corrected chi connectivity index (χ0v) is 14.9. The predicted octanol–water partition coefficient (Wildman–Crippen LogP) is 4.55. The molecule has 2 aromatic rings. The molecule has 0 unspecified atom stereocenters. The van der Waals surface area contributed by atoms with Crippen molar-refractivity contribution < 1.29 is 23.9 Å². The molecule has 0 aliphatic rings. The van der Waals surface area contributed by atoms with E-state index in [1.807, 2.05) is 0 Å². The van der Waals surface area contributed by atoms with Crippen molar-refractivity contribution in [3.8, 4) is 17.2 Å². The van der Waals surface area contributed by atoms with Crippen molar-refractivity contribution in [3.63, 3.8) is 0 Å². The van der Waals surface area contributed by atoms with Crippen LogP contribution in [0.4, 0.5) is 5.69 Å². The van der Waals surface area contributed by atoms with Crippen molar-refractivity contribution in [1.29, 1.82) is 0 Å². The van der Waals surface area contributed by atoms with Gasteiger partial charge < -0.3 is 14.2 Å². The number of esters is 1. The molecule has 0 saturated carbocycles. The highest BCUT2D eigenvalue weighted by Crippen LogP contribution is 2.34. The lowest BCUT2D eigenvalue weighted by molar-refractivity contribution is -0.385. The summed E-state index contributed by atoms with van der Waals surface area (Å²) in [6.45, 7) is -0.541. The summed E-state index contributed by atoms with van der Waals surface area (Å²) < 4.78 is 15.1. The molecule has 0 saturated heterocycles. The highest BCUT2D eigenvalue weighted by atomic mass is 35.5. The van der Waals surface area contributed by atoms with Crippen LogP contribution in [0.2, 0.25) is 15.1 Å². The van der Waals surface area contributed by atoms with E-state index in [1.165, 1.54) is 31.4 Å². The number of rotatable bonds is 6. The monoisotopic (exact) mass is 405 g/mol. The largest absolute Gasteiger partial charge is 0.496 e. The predicted molar refractivity (Wildman–Crippen MR) is 92.3 cm³/mol. The molecular weight excluding hydrogens is 397 g/mol. The van der Waals surface area contributed by atoms with Crippen LogP contribution in [-0.2, 0) is 4.79 Å². The molecule has 25 heavy (non-hydrogen) atoms. The standard InChI is InChI=1S/C15H10Cl3NO6/c1-23-8-2-3-13(12(4-8)19(21)22)25-15(20)7-24-14-6-10(17)9(16)5-11(14)18/h2-6H,7H2,1H3. The second-order valence-corrected chi connectivity index (χ2v) is 5.77.